The summed E-state index contributed by atoms with van der Waals surface area (Å²) < 4.78 is 17.8. The van der Waals surface area contributed by atoms with Crippen LogP contribution in [0.5, 0.6) is 0 Å². The summed E-state index contributed by atoms with van der Waals surface area (Å²) in [6.07, 6.45) is 0.289. The molecule has 0 aliphatic rings. The molecule has 0 spiro atoms. The van der Waals surface area contributed by atoms with Crippen molar-refractivity contribution in [2.45, 2.75) is 13.0 Å². The monoisotopic (exact) mass is 404 g/mol. The van der Waals surface area contributed by atoms with Gasteiger partial charge in [-0.1, -0.05) is 18.2 Å². The fourth-order valence-electron chi connectivity index (χ4n) is 2.26. The van der Waals surface area contributed by atoms with Gasteiger partial charge in [0.2, 0.25) is 5.91 Å². The SMILES string of the molecule is COC(=O)CSCCC(=O)NCc1cccc(NC(=O)c2cccc(F)c2)c1. The zero-order valence-electron chi connectivity index (χ0n) is 15.4. The maximum Gasteiger partial charge on any atom is 0.315 e. The van der Waals surface area contributed by atoms with E-state index in [1.165, 1.54) is 37.1 Å². The Balaban J connectivity index is 1.80. The smallest absolute Gasteiger partial charge is 0.315 e. The minimum atomic E-state index is -0.478. The molecule has 0 aromatic heterocycles. The first-order chi connectivity index (χ1) is 13.5. The van der Waals surface area contributed by atoms with Crippen molar-refractivity contribution < 1.29 is 23.5 Å². The number of rotatable bonds is 9. The average molecular weight is 404 g/mol. The topological polar surface area (TPSA) is 84.5 Å². The fraction of sp³-hybridized carbons (Fsp3) is 0.250. The molecule has 0 aliphatic carbocycles. The molecule has 0 atom stereocenters. The highest BCUT2D eigenvalue weighted by Gasteiger charge is 2.08. The highest BCUT2D eigenvalue weighted by atomic mass is 32.2. The van der Waals surface area contributed by atoms with Crippen molar-refractivity contribution in [2.24, 2.45) is 0 Å². The van der Waals surface area contributed by atoms with Gasteiger partial charge in [0, 0.05) is 30.0 Å². The van der Waals surface area contributed by atoms with E-state index in [0.717, 1.165) is 11.6 Å². The first-order valence-corrected chi connectivity index (χ1v) is 9.70. The quantitative estimate of drug-likeness (QED) is 0.496. The average Bonchev–Trinajstić information content (AvgIpc) is 2.69. The molecule has 2 aromatic rings. The highest BCUT2D eigenvalue weighted by molar-refractivity contribution is 7.99. The molecule has 0 saturated carbocycles. The van der Waals surface area contributed by atoms with E-state index < -0.39 is 11.7 Å². The second-order valence-electron chi connectivity index (χ2n) is 5.82. The summed E-state index contributed by atoms with van der Waals surface area (Å²) >= 11 is 1.33. The van der Waals surface area contributed by atoms with Crippen LogP contribution < -0.4 is 10.6 Å². The van der Waals surface area contributed by atoms with Crippen LogP contribution in [0.3, 0.4) is 0 Å². The Kier molecular flexibility index (Phi) is 8.48. The molecule has 0 heterocycles. The van der Waals surface area contributed by atoms with Gasteiger partial charge in [-0.2, -0.15) is 0 Å². The number of hydrogen-bond donors (Lipinski definition) is 2. The van der Waals surface area contributed by atoms with Gasteiger partial charge in [0.05, 0.1) is 12.9 Å². The van der Waals surface area contributed by atoms with Crippen LogP contribution >= 0.6 is 11.8 Å². The van der Waals surface area contributed by atoms with Crippen molar-refractivity contribution in [3.63, 3.8) is 0 Å². The zero-order chi connectivity index (χ0) is 20.4. The molecule has 28 heavy (non-hydrogen) atoms. The van der Waals surface area contributed by atoms with Crippen LogP contribution in [0.4, 0.5) is 10.1 Å². The first kappa shape index (κ1) is 21.4. The molecule has 0 radical (unpaired) electrons. The van der Waals surface area contributed by atoms with Crippen LogP contribution in [0.25, 0.3) is 0 Å². The normalized spacial score (nSPS) is 10.2. The number of carbonyl (C=O) groups excluding carboxylic acids is 3. The van der Waals surface area contributed by atoms with Crippen LogP contribution in [-0.2, 0) is 20.9 Å². The van der Waals surface area contributed by atoms with Gasteiger partial charge in [0.15, 0.2) is 0 Å². The van der Waals surface area contributed by atoms with Crippen molar-refractivity contribution in [1.29, 1.82) is 0 Å². The molecule has 2 N–H and O–H groups in total. The maximum absolute atomic E-state index is 13.2. The Bertz CT molecular complexity index is 844. The number of esters is 1. The van der Waals surface area contributed by atoms with Crippen molar-refractivity contribution in [1.82, 2.24) is 5.32 Å². The van der Waals surface area contributed by atoms with Crippen molar-refractivity contribution in [3.05, 3.63) is 65.5 Å². The van der Waals surface area contributed by atoms with Gasteiger partial charge < -0.3 is 15.4 Å². The number of carbonyl (C=O) groups is 3. The summed E-state index contributed by atoms with van der Waals surface area (Å²) in [4.78, 5) is 35.0. The number of hydrogen-bond acceptors (Lipinski definition) is 5. The molecule has 2 rings (SSSR count). The Labute approximate surface area is 166 Å². The lowest BCUT2D eigenvalue weighted by atomic mass is 10.1. The van der Waals surface area contributed by atoms with Gasteiger partial charge >= 0.3 is 5.97 Å². The van der Waals surface area contributed by atoms with E-state index in [-0.39, 0.29) is 29.6 Å². The van der Waals surface area contributed by atoms with Gasteiger partial charge in [-0.05, 0) is 35.9 Å². The molecule has 2 aromatic carbocycles. The van der Waals surface area contributed by atoms with E-state index in [4.69, 9.17) is 0 Å². The molecule has 8 heteroatoms. The highest BCUT2D eigenvalue weighted by Crippen LogP contribution is 2.13. The lowest BCUT2D eigenvalue weighted by molar-refractivity contribution is -0.137. The second-order valence-corrected chi connectivity index (χ2v) is 6.93. The number of anilines is 1. The second kappa shape index (κ2) is 11.1. The van der Waals surface area contributed by atoms with Crippen LogP contribution in [0.15, 0.2) is 48.5 Å². The molecule has 0 unspecified atom stereocenters. The van der Waals surface area contributed by atoms with Crippen LogP contribution in [0.1, 0.15) is 22.3 Å². The summed E-state index contributed by atoms with van der Waals surface area (Å²) in [5.41, 5.74) is 1.59. The van der Waals surface area contributed by atoms with Crippen LogP contribution in [0, 0.1) is 5.82 Å². The number of ether oxygens (including phenoxy) is 1. The number of nitrogens with one attached hydrogen (secondary N) is 2. The van der Waals surface area contributed by atoms with E-state index >= 15 is 0 Å². The number of thioether (sulfide) groups is 1. The number of amides is 2. The maximum atomic E-state index is 13.2. The standard InChI is InChI=1S/C20H21FN2O4S/c1-27-19(25)13-28-9-8-18(24)22-12-14-4-2-7-17(10-14)23-20(26)15-5-3-6-16(21)11-15/h2-7,10-11H,8-9,12-13H2,1H3,(H,22,24)(H,23,26). The Morgan fingerprint density at radius 2 is 1.89 bits per heavy atom. The molecule has 0 aliphatic heterocycles. The van der Waals surface area contributed by atoms with Crippen LogP contribution in [0.2, 0.25) is 0 Å². The Morgan fingerprint density at radius 1 is 1.11 bits per heavy atom. The minimum absolute atomic E-state index is 0.133. The predicted molar refractivity (Wildman–Crippen MR) is 107 cm³/mol. The summed E-state index contributed by atoms with van der Waals surface area (Å²) in [7, 11) is 1.32. The van der Waals surface area contributed by atoms with E-state index in [0.29, 0.717) is 18.0 Å². The molecule has 6 nitrogen and oxygen atoms in total. The minimum Gasteiger partial charge on any atom is -0.468 e. The number of halogens is 1. The summed E-state index contributed by atoms with van der Waals surface area (Å²) in [5, 5.41) is 5.50. The van der Waals surface area contributed by atoms with E-state index in [2.05, 4.69) is 15.4 Å². The summed E-state index contributed by atoms with van der Waals surface area (Å²) in [6.45, 7) is 0.310. The summed E-state index contributed by atoms with van der Waals surface area (Å²) in [6, 6.07) is 12.5. The van der Waals surface area contributed by atoms with Gasteiger partial charge in [-0.15, -0.1) is 11.8 Å². The van der Waals surface area contributed by atoms with E-state index in [1.54, 1.807) is 18.2 Å². The first-order valence-electron chi connectivity index (χ1n) is 8.55. The number of benzene rings is 2. The van der Waals surface area contributed by atoms with Crippen LogP contribution in [-0.4, -0.2) is 36.4 Å². The zero-order valence-corrected chi connectivity index (χ0v) is 16.2. The predicted octanol–water partition coefficient (Wildman–Crippen LogP) is 2.99. The van der Waals surface area contributed by atoms with E-state index in [1.807, 2.05) is 6.07 Å². The van der Waals surface area contributed by atoms with Crippen molar-refractivity contribution >= 4 is 35.2 Å². The third kappa shape index (κ3) is 7.40. The Morgan fingerprint density at radius 3 is 2.64 bits per heavy atom. The van der Waals surface area contributed by atoms with Crippen molar-refractivity contribution in [2.75, 3.05) is 23.9 Å². The van der Waals surface area contributed by atoms with Gasteiger partial charge in [-0.3, -0.25) is 14.4 Å². The van der Waals surface area contributed by atoms with Gasteiger partial charge in [0.25, 0.3) is 5.91 Å². The van der Waals surface area contributed by atoms with Gasteiger partial charge in [-0.25, -0.2) is 4.39 Å². The fourth-order valence-corrected chi connectivity index (χ4v) is 3.02. The van der Waals surface area contributed by atoms with Gasteiger partial charge in [0.1, 0.15) is 5.82 Å². The molecular weight excluding hydrogens is 383 g/mol. The molecule has 0 saturated heterocycles. The van der Waals surface area contributed by atoms with Crippen molar-refractivity contribution in [3.8, 4) is 0 Å². The molecule has 148 valence electrons. The third-order valence-electron chi connectivity index (χ3n) is 3.68. The molecule has 0 bridgehead atoms. The lowest BCUT2D eigenvalue weighted by Gasteiger charge is -2.09. The van der Waals surface area contributed by atoms with E-state index in [9.17, 15) is 18.8 Å². The molecule has 0 fully saturated rings. The molecule has 2 amide bonds. The number of methoxy groups -OCH3 is 1. The summed E-state index contributed by atoms with van der Waals surface area (Å²) in [5.74, 6) is -0.604. The lowest BCUT2D eigenvalue weighted by Crippen LogP contribution is -2.23. The molecular formula is C20H21FN2O4S. The Hall–Kier alpha value is -2.87. The largest absolute Gasteiger partial charge is 0.468 e. The third-order valence-corrected chi connectivity index (χ3v) is 4.62.